The Hall–Kier alpha value is -1.88. The van der Waals surface area contributed by atoms with E-state index in [2.05, 4.69) is 15.3 Å². The van der Waals surface area contributed by atoms with Crippen LogP contribution < -0.4 is 10.1 Å². The molecule has 0 aliphatic carbocycles. The molecule has 0 fully saturated rings. The van der Waals surface area contributed by atoms with Crippen LogP contribution in [0, 0.1) is 12.7 Å². The van der Waals surface area contributed by atoms with Crippen LogP contribution in [0.5, 0.6) is 5.75 Å². The number of aromatic nitrogens is 2. The molecule has 4 nitrogen and oxygen atoms in total. The summed E-state index contributed by atoms with van der Waals surface area (Å²) < 4.78 is 18.6. The minimum Gasteiger partial charge on any atom is -0.494 e. The zero-order chi connectivity index (χ0) is 14.7. The third-order valence-corrected chi connectivity index (χ3v) is 3.04. The molecule has 106 valence electrons. The lowest BCUT2D eigenvalue weighted by Crippen LogP contribution is -2.09. The molecular formula is C14H15ClFN3O. The normalized spacial score (nSPS) is 12.1. The van der Waals surface area contributed by atoms with Gasteiger partial charge >= 0.3 is 0 Å². The second-order valence-electron chi connectivity index (χ2n) is 4.38. The van der Waals surface area contributed by atoms with Crippen LogP contribution in [0.2, 0.25) is 5.15 Å². The lowest BCUT2D eigenvalue weighted by molar-refractivity contribution is 0.386. The minimum absolute atomic E-state index is 0.124. The Morgan fingerprint density at radius 2 is 2.05 bits per heavy atom. The molecule has 0 aliphatic heterocycles. The number of ether oxygens (including phenoxy) is 1. The smallest absolute Gasteiger partial charge is 0.165 e. The van der Waals surface area contributed by atoms with Gasteiger partial charge in [-0.05, 0) is 31.5 Å². The number of aryl methyl sites for hydroxylation is 1. The summed E-state index contributed by atoms with van der Waals surface area (Å²) in [6.07, 6.45) is 0. The van der Waals surface area contributed by atoms with E-state index in [0.717, 1.165) is 5.56 Å². The molecule has 0 spiro atoms. The predicted molar refractivity (Wildman–Crippen MR) is 76.8 cm³/mol. The molecule has 1 aromatic carbocycles. The quantitative estimate of drug-likeness (QED) is 0.873. The molecule has 0 radical (unpaired) electrons. The second kappa shape index (κ2) is 6.05. The number of nitrogens with one attached hydrogen (secondary N) is 1. The fourth-order valence-electron chi connectivity index (χ4n) is 1.86. The van der Waals surface area contributed by atoms with Gasteiger partial charge in [-0.2, -0.15) is 0 Å². The minimum atomic E-state index is -0.393. The molecule has 1 unspecified atom stereocenters. The van der Waals surface area contributed by atoms with Gasteiger partial charge in [-0.25, -0.2) is 14.4 Å². The maximum atomic E-state index is 13.7. The van der Waals surface area contributed by atoms with Crippen LogP contribution >= 0.6 is 11.6 Å². The van der Waals surface area contributed by atoms with E-state index in [0.29, 0.717) is 16.8 Å². The molecule has 1 atom stereocenters. The van der Waals surface area contributed by atoms with Gasteiger partial charge in [-0.1, -0.05) is 17.7 Å². The monoisotopic (exact) mass is 295 g/mol. The van der Waals surface area contributed by atoms with E-state index in [9.17, 15) is 4.39 Å². The van der Waals surface area contributed by atoms with Crippen LogP contribution in [0.15, 0.2) is 24.3 Å². The van der Waals surface area contributed by atoms with E-state index in [-0.39, 0.29) is 11.8 Å². The van der Waals surface area contributed by atoms with Crippen molar-refractivity contribution in [2.24, 2.45) is 0 Å². The topological polar surface area (TPSA) is 47.0 Å². The first-order chi connectivity index (χ1) is 9.49. The summed E-state index contributed by atoms with van der Waals surface area (Å²) in [6.45, 7) is 3.67. The number of hydrogen-bond acceptors (Lipinski definition) is 4. The van der Waals surface area contributed by atoms with Gasteiger partial charge in [0, 0.05) is 6.07 Å². The molecule has 20 heavy (non-hydrogen) atoms. The van der Waals surface area contributed by atoms with Gasteiger partial charge in [0.1, 0.15) is 16.8 Å². The molecule has 2 aromatic rings. The number of anilines is 1. The number of benzene rings is 1. The number of hydrogen-bond donors (Lipinski definition) is 1. The standard InChI is InChI=1S/C14H15ClFN3O/c1-8(10-4-5-12(20-3)11(16)6-10)17-14-7-13(15)18-9(2)19-14/h4-8H,1-3H3,(H,17,18,19). The molecule has 2 rings (SSSR count). The molecule has 0 saturated heterocycles. The zero-order valence-electron chi connectivity index (χ0n) is 11.4. The summed E-state index contributed by atoms with van der Waals surface area (Å²) >= 11 is 5.88. The summed E-state index contributed by atoms with van der Waals surface area (Å²) in [6, 6.07) is 6.34. The summed E-state index contributed by atoms with van der Waals surface area (Å²) in [7, 11) is 1.44. The highest BCUT2D eigenvalue weighted by atomic mass is 35.5. The third-order valence-electron chi connectivity index (χ3n) is 2.85. The van der Waals surface area contributed by atoms with Crippen molar-refractivity contribution in [1.82, 2.24) is 9.97 Å². The van der Waals surface area contributed by atoms with Gasteiger partial charge in [0.25, 0.3) is 0 Å². The average Bonchev–Trinajstić information content (AvgIpc) is 2.37. The Labute approximate surface area is 122 Å². The van der Waals surface area contributed by atoms with E-state index < -0.39 is 5.82 Å². The first-order valence-corrected chi connectivity index (χ1v) is 6.48. The molecule has 1 aromatic heterocycles. The Balaban J connectivity index is 2.19. The van der Waals surface area contributed by atoms with Gasteiger partial charge in [0.05, 0.1) is 13.2 Å². The van der Waals surface area contributed by atoms with E-state index in [1.54, 1.807) is 25.1 Å². The molecule has 6 heteroatoms. The maximum Gasteiger partial charge on any atom is 0.165 e. The molecule has 1 N–H and O–H groups in total. The molecule has 0 aliphatic rings. The Morgan fingerprint density at radius 1 is 1.30 bits per heavy atom. The third kappa shape index (κ3) is 3.36. The number of methoxy groups -OCH3 is 1. The van der Waals surface area contributed by atoms with Gasteiger partial charge < -0.3 is 10.1 Å². The zero-order valence-corrected chi connectivity index (χ0v) is 12.2. The van der Waals surface area contributed by atoms with Crippen molar-refractivity contribution in [3.63, 3.8) is 0 Å². The molecule has 0 bridgehead atoms. The van der Waals surface area contributed by atoms with Gasteiger partial charge in [0.2, 0.25) is 0 Å². The molecule has 1 heterocycles. The van der Waals surface area contributed by atoms with Gasteiger partial charge in [0.15, 0.2) is 11.6 Å². The van der Waals surface area contributed by atoms with Crippen LogP contribution in [0.4, 0.5) is 10.2 Å². The fourth-order valence-corrected chi connectivity index (χ4v) is 2.09. The highest BCUT2D eigenvalue weighted by Gasteiger charge is 2.11. The number of halogens is 2. The average molecular weight is 296 g/mol. The maximum absolute atomic E-state index is 13.7. The van der Waals surface area contributed by atoms with Gasteiger partial charge in [-0.3, -0.25) is 0 Å². The number of nitrogens with zero attached hydrogens (tertiary/aromatic N) is 2. The van der Waals surface area contributed by atoms with Crippen LogP contribution in [-0.2, 0) is 0 Å². The fraction of sp³-hybridized carbons (Fsp3) is 0.286. The summed E-state index contributed by atoms with van der Waals surface area (Å²) in [5.74, 6) is 1.01. The first kappa shape index (κ1) is 14.5. The van der Waals surface area contributed by atoms with Crippen LogP contribution in [0.25, 0.3) is 0 Å². The lowest BCUT2D eigenvalue weighted by Gasteiger charge is -2.16. The lowest BCUT2D eigenvalue weighted by atomic mass is 10.1. The van der Waals surface area contributed by atoms with E-state index in [1.165, 1.54) is 13.2 Å². The summed E-state index contributed by atoms with van der Waals surface area (Å²) in [5, 5.41) is 3.53. The summed E-state index contributed by atoms with van der Waals surface area (Å²) in [4.78, 5) is 8.22. The molecular weight excluding hydrogens is 281 g/mol. The van der Waals surface area contributed by atoms with E-state index in [1.807, 2.05) is 6.92 Å². The highest BCUT2D eigenvalue weighted by Crippen LogP contribution is 2.24. The van der Waals surface area contributed by atoms with Crippen molar-refractivity contribution >= 4 is 17.4 Å². The molecule has 0 amide bonds. The van der Waals surface area contributed by atoms with Crippen molar-refractivity contribution in [3.05, 3.63) is 46.6 Å². The van der Waals surface area contributed by atoms with Crippen molar-refractivity contribution in [2.75, 3.05) is 12.4 Å². The van der Waals surface area contributed by atoms with Crippen molar-refractivity contribution < 1.29 is 9.13 Å². The van der Waals surface area contributed by atoms with E-state index in [4.69, 9.17) is 16.3 Å². The highest BCUT2D eigenvalue weighted by molar-refractivity contribution is 6.29. The second-order valence-corrected chi connectivity index (χ2v) is 4.77. The van der Waals surface area contributed by atoms with Crippen LogP contribution in [0.1, 0.15) is 24.4 Å². The predicted octanol–water partition coefficient (Wildman–Crippen LogP) is 3.76. The summed E-state index contributed by atoms with van der Waals surface area (Å²) in [5.41, 5.74) is 0.788. The Kier molecular flexibility index (Phi) is 4.39. The number of rotatable bonds is 4. The van der Waals surface area contributed by atoms with Crippen molar-refractivity contribution in [3.8, 4) is 5.75 Å². The Morgan fingerprint density at radius 3 is 2.65 bits per heavy atom. The SMILES string of the molecule is COc1ccc(C(C)Nc2cc(Cl)nc(C)n2)cc1F. The Bertz CT molecular complexity index is 601. The first-order valence-electron chi connectivity index (χ1n) is 6.10. The van der Waals surface area contributed by atoms with Crippen molar-refractivity contribution in [1.29, 1.82) is 0 Å². The largest absolute Gasteiger partial charge is 0.494 e. The van der Waals surface area contributed by atoms with Crippen LogP contribution in [0.3, 0.4) is 0 Å². The molecule has 0 saturated carbocycles. The van der Waals surface area contributed by atoms with Crippen LogP contribution in [-0.4, -0.2) is 17.1 Å². The van der Waals surface area contributed by atoms with Gasteiger partial charge in [-0.15, -0.1) is 0 Å². The van der Waals surface area contributed by atoms with E-state index >= 15 is 0 Å². The van der Waals surface area contributed by atoms with Crippen molar-refractivity contribution in [2.45, 2.75) is 19.9 Å².